The van der Waals surface area contributed by atoms with Gasteiger partial charge in [-0.1, -0.05) is 22.9 Å². The van der Waals surface area contributed by atoms with Crippen LogP contribution in [0.15, 0.2) is 22.7 Å². The zero-order valence-corrected chi connectivity index (χ0v) is 12.6. The molecule has 0 radical (unpaired) electrons. The summed E-state index contributed by atoms with van der Waals surface area (Å²) in [4.78, 5) is 22.7. The van der Waals surface area contributed by atoms with Crippen LogP contribution in [0.5, 0.6) is 0 Å². The molecule has 0 aromatic heterocycles. The number of hydrogen-bond acceptors (Lipinski definition) is 2. The number of alkyl halides is 3. The molecule has 0 spiro atoms. The zero-order chi connectivity index (χ0) is 16.2. The van der Waals surface area contributed by atoms with Crippen LogP contribution in [0.2, 0.25) is 0 Å². The molecule has 0 fully saturated rings. The molecule has 0 saturated heterocycles. The van der Waals surface area contributed by atoms with E-state index >= 15 is 0 Å². The van der Waals surface area contributed by atoms with Gasteiger partial charge in [-0.2, -0.15) is 13.2 Å². The summed E-state index contributed by atoms with van der Waals surface area (Å²) in [7, 11) is 0. The van der Waals surface area contributed by atoms with Gasteiger partial charge in [0.15, 0.2) is 0 Å². The summed E-state index contributed by atoms with van der Waals surface area (Å²) in [5.74, 6) is -2.89. The van der Waals surface area contributed by atoms with Crippen molar-refractivity contribution in [2.45, 2.75) is 19.5 Å². The Labute approximate surface area is 127 Å². The number of carboxylic acids is 1. The first kappa shape index (κ1) is 17.5. The Balaban J connectivity index is 2.95. The first-order valence-corrected chi connectivity index (χ1v) is 6.83. The van der Waals surface area contributed by atoms with Crippen LogP contribution in [-0.4, -0.2) is 23.5 Å². The number of nitrogens with one attached hydrogen (secondary N) is 1. The summed E-state index contributed by atoms with van der Waals surface area (Å²) in [5.41, 5.74) is -1.61. The summed E-state index contributed by atoms with van der Waals surface area (Å²) >= 11 is 2.92. The van der Waals surface area contributed by atoms with Crippen LogP contribution in [0.4, 0.5) is 13.2 Å². The molecule has 1 rings (SSSR count). The second-order valence-electron chi connectivity index (χ2n) is 4.34. The Morgan fingerprint density at radius 3 is 2.48 bits per heavy atom. The molecule has 0 aliphatic carbocycles. The van der Waals surface area contributed by atoms with E-state index in [0.717, 1.165) is 12.1 Å². The van der Waals surface area contributed by atoms with Gasteiger partial charge >= 0.3 is 12.1 Å². The van der Waals surface area contributed by atoms with Crippen molar-refractivity contribution < 1.29 is 27.9 Å². The third kappa shape index (κ3) is 4.73. The Morgan fingerprint density at radius 1 is 1.38 bits per heavy atom. The van der Waals surface area contributed by atoms with E-state index in [1.165, 1.54) is 6.07 Å². The number of carbonyl (C=O) groups excluding carboxylic acids is 1. The third-order valence-corrected chi connectivity index (χ3v) is 3.38. The molecule has 0 saturated carbocycles. The number of amides is 1. The van der Waals surface area contributed by atoms with E-state index < -0.39 is 35.1 Å². The van der Waals surface area contributed by atoms with Gasteiger partial charge in [0, 0.05) is 11.0 Å². The molecule has 8 heteroatoms. The molecule has 2 N–H and O–H groups in total. The molecule has 1 amide bonds. The topological polar surface area (TPSA) is 66.4 Å². The second-order valence-corrected chi connectivity index (χ2v) is 5.26. The highest BCUT2D eigenvalue weighted by Gasteiger charge is 2.35. The van der Waals surface area contributed by atoms with Crippen molar-refractivity contribution in [2.24, 2.45) is 5.92 Å². The van der Waals surface area contributed by atoms with Gasteiger partial charge in [-0.25, -0.2) is 0 Å². The van der Waals surface area contributed by atoms with E-state index in [4.69, 9.17) is 5.11 Å². The molecule has 1 aromatic rings. The number of benzene rings is 1. The number of aliphatic carboxylic acids is 1. The van der Waals surface area contributed by atoms with E-state index in [2.05, 4.69) is 21.2 Å². The first-order chi connectivity index (χ1) is 9.66. The zero-order valence-electron chi connectivity index (χ0n) is 11.0. The molecular weight excluding hydrogens is 355 g/mol. The fourth-order valence-corrected chi connectivity index (χ4v) is 2.03. The van der Waals surface area contributed by atoms with Gasteiger partial charge in [0.2, 0.25) is 0 Å². The van der Waals surface area contributed by atoms with E-state index in [9.17, 15) is 22.8 Å². The molecular formula is C13H13BrF3NO3. The predicted octanol–water partition coefficient (Wildman–Crippen LogP) is 3.31. The van der Waals surface area contributed by atoms with Crippen molar-refractivity contribution in [3.05, 3.63) is 33.8 Å². The lowest BCUT2D eigenvalue weighted by atomic mass is 10.0. The van der Waals surface area contributed by atoms with Gasteiger partial charge in [0.05, 0.1) is 17.0 Å². The lowest BCUT2D eigenvalue weighted by Crippen LogP contribution is -2.33. The van der Waals surface area contributed by atoms with Gasteiger partial charge in [0.25, 0.3) is 5.91 Å². The summed E-state index contributed by atoms with van der Waals surface area (Å²) in [6.07, 6.45) is -4.41. The third-order valence-electron chi connectivity index (χ3n) is 2.88. The minimum Gasteiger partial charge on any atom is -0.481 e. The molecule has 4 nitrogen and oxygen atoms in total. The Bertz CT molecular complexity index is 546. The molecule has 116 valence electrons. The minimum atomic E-state index is -4.67. The number of halogens is 4. The predicted molar refractivity (Wildman–Crippen MR) is 72.9 cm³/mol. The standard InChI is InChI=1S/C13H13BrF3NO3/c1-2-7(12(20)21)6-18-11(19)9-4-3-8(14)5-10(9)13(15,16)17/h3-5,7H,2,6H2,1H3,(H,18,19)(H,20,21). The Kier molecular flexibility index (Phi) is 5.77. The molecule has 1 aromatic carbocycles. The smallest absolute Gasteiger partial charge is 0.417 e. The van der Waals surface area contributed by atoms with Gasteiger partial charge in [-0.3, -0.25) is 9.59 Å². The molecule has 1 unspecified atom stereocenters. The lowest BCUT2D eigenvalue weighted by Gasteiger charge is -2.15. The van der Waals surface area contributed by atoms with Gasteiger partial charge < -0.3 is 10.4 Å². The van der Waals surface area contributed by atoms with Crippen molar-refractivity contribution >= 4 is 27.8 Å². The fraction of sp³-hybridized carbons (Fsp3) is 0.385. The van der Waals surface area contributed by atoms with Crippen molar-refractivity contribution in [2.75, 3.05) is 6.54 Å². The molecule has 0 aliphatic rings. The first-order valence-electron chi connectivity index (χ1n) is 6.04. The molecule has 1 atom stereocenters. The van der Waals surface area contributed by atoms with E-state index in [-0.39, 0.29) is 17.4 Å². The van der Waals surface area contributed by atoms with Crippen molar-refractivity contribution in [3.63, 3.8) is 0 Å². The fourth-order valence-electron chi connectivity index (χ4n) is 1.67. The summed E-state index contributed by atoms with van der Waals surface area (Å²) in [6.45, 7) is 1.39. The van der Waals surface area contributed by atoms with Crippen molar-refractivity contribution in [1.29, 1.82) is 0 Å². The Hall–Kier alpha value is -1.57. The second kappa shape index (κ2) is 6.93. The van der Waals surface area contributed by atoms with Gasteiger partial charge in [-0.15, -0.1) is 0 Å². The van der Waals surface area contributed by atoms with Crippen LogP contribution >= 0.6 is 15.9 Å². The van der Waals surface area contributed by atoms with Crippen molar-refractivity contribution in [3.8, 4) is 0 Å². The molecule has 0 aliphatic heterocycles. The average Bonchev–Trinajstić information content (AvgIpc) is 2.37. The Morgan fingerprint density at radius 2 is 2.00 bits per heavy atom. The van der Waals surface area contributed by atoms with Crippen LogP contribution in [0.25, 0.3) is 0 Å². The maximum Gasteiger partial charge on any atom is 0.417 e. The van der Waals surface area contributed by atoms with Gasteiger partial charge in [-0.05, 0) is 24.6 Å². The number of carboxylic acid groups (broad SMARTS) is 1. The SMILES string of the molecule is CCC(CNC(=O)c1ccc(Br)cc1C(F)(F)F)C(=O)O. The molecule has 0 heterocycles. The van der Waals surface area contributed by atoms with Crippen LogP contribution in [-0.2, 0) is 11.0 Å². The normalized spacial score (nSPS) is 12.8. The number of hydrogen-bond donors (Lipinski definition) is 2. The maximum absolute atomic E-state index is 12.9. The summed E-state index contributed by atoms with van der Waals surface area (Å²) < 4.78 is 38.9. The van der Waals surface area contributed by atoms with Crippen molar-refractivity contribution in [1.82, 2.24) is 5.32 Å². The quantitative estimate of drug-likeness (QED) is 0.838. The lowest BCUT2D eigenvalue weighted by molar-refractivity contribution is -0.141. The number of carbonyl (C=O) groups is 2. The van der Waals surface area contributed by atoms with E-state index in [1.54, 1.807) is 6.92 Å². The highest BCUT2D eigenvalue weighted by atomic mass is 79.9. The van der Waals surface area contributed by atoms with Crippen LogP contribution in [0, 0.1) is 5.92 Å². The van der Waals surface area contributed by atoms with Crippen LogP contribution in [0.3, 0.4) is 0 Å². The summed E-state index contributed by atoms with van der Waals surface area (Å²) in [6, 6.07) is 3.17. The summed E-state index contributed by atoms with van der Waals surface area (Å²) in [5, 5.41) is 11.1. The monoisotopic (exact) mass is 367 g/mol. The van der Waals surface area contributed by atoms with Gasteiger partial charge in [0.1, 0.15) is 0 Å². The highest BCUT2D eigenvalue weighted by molar-refractivity contribution is 9.10. The van der Waals surface area contributed by atoms with E-state index in [0.29, 0.717) is 0 Å². The molecule has 0 bridgehead atoms. The van der Waals surface area contributed by atoms with Crippen LogP contribution < -0.4 is 5.32 Å². The van der Waals surface area contributed by atoms with E-state index in [1.807, 2.05) is 0 Å². The number of rotatable bonds is 5. The largest absolute Gasteiger partial charge is 0.481 e. The highest BCUT2D eigenvalue weighted by Crippen LogP contribution is 2.33. The average molecular weight is 368 g/mol. The minimum absolute atomic E-state index is 0.198. The maximum atomic E-state index is 12.9. The van der Waals surface area contributed by atoms with Crippen LogP contribution in [0.1, 0.15) is 29.3 Å². The molecule has 21 heavy (non-hydrogen) atoms.